The van der Waals surface area contributed by atoms with Gasteiger partial charge in [-0.3, -0.25) is 9.78 Å². The molecule has 2 rings (SSSR count). The third-order valence-electron chi connectivity index (χ3n) is 3.14. The molecule has 2 N–H and O–H groups in total. The summed E-state index contributed by atoms with van der Waals surface area (Å²) >= 11 is 0. The Hall–Kier alpha value is -2.43. The summed E-state index contributed by atoms with van der Waals surface area (Å²) in [6, 6.07) is 7.73. The average Bonchev–Trinajstić information content (AvgIpc) is 2.49. The van der Waals surface area contributed by atoms with E-state index in [9.17, 15) is 9.18 Å². The predicted molar refractivity (Wildman–Crippen MR) is 85.7 cm³/mol. The van der Waals surface area contributed by atoms with Gasteiger partial charge in [-0.05, 0) is 42.7 Å². The number of nitrogens with zero attached hydrogens (tertiary/aromatic N) is 1. The molecule has 22 heavy (non-hydrogen) atoms. The van der Waals surface area contributed by atoms with Gasteiger partial charge in [0, 0.05) is 18.4 Å². The number of benzene rings is 1. The Morgan fingerprint density at radius 2 is 1.91 bits per heavy atom. The quantitative estimate of drug-likeness (QED) is 0.854. The SMILES string of the molecule is CC(C)CCNC(=O)c1cncc(Nc2ccc(F)cc2)c1. The Morgan fingerprint density at radius 1 is 1.18 bits per heavy atom. The summed E-state index contributed by atoms with van der Waals surface area (Å²) in [5.74, 6) is 0.114. The Balaban J connectivity index is 2.00. The van der Waals surface area contributed by atoms with E-state index in [0.29, 0.717) is 23.7 Å². The van der Waals surface area contributed by atoms with Gasteiger partial charge in [0.05, 0.1) is 17.4 Å². The number of aromatic nitrogens is 1. The van der Waals surface area contributed by atoms with Crippen LogP contribution in [0.4, 0.5) is 15.8 Å². The highest BCUT2D eigenvalue weighted by Gasteiger charge is 2.07. The minimum atomic E-state index is -0.290. The minimum absolute atomic E-state index is 0.143. The van der Waals surface area contributed by atoms with Crippen LogP contribution in [0.1, 0.15) is 30.6 Å². The predicted octanol–water partition coefficient (Wildman–Crippen LogP) is 3.74. The molecule has 0 radical (unpaired) electrons. The van der Waals surface area contributed by atoms with Gasteiger partial charge in [0.2, 0.25) is 0 Å². The van der Waals surface area contributed by atoms with Gasteiger partial charge in [0.1, 0.15) is 5.82 Å². The maximum absolute atomic E-state index is 12.9. The number of nitrogens with one attached hydrogen (secondary N) is 2. The Labute approximate surface area is 129 Å². The molecule has 0 saturated heterocycles. The molecule has 2 aromatic rings. The lowest BCUT2D eigenvalue weighted by Gasteiger charge is -2.09. The van der Waals surface area contributed by atoms with Crippen LogP contribution in [0.5, 0.6) is 0 Å². The van der Waals surface area contributed by atoms with Crippen LogP contribution in [-0.2, 0) is 0 Å². The Kier molecular flexibility index (Phi) is 5.47. The number of amides is 1. The van der Waals surface area contributed by atoms with Crippen LogP contribution in [0.25, 0.3) is 0 Å². The van der Waals surface area contributed by atoms with Gasteiger partial charge in [-0.15, -0.1) is 0 Å². The summed E-state index contributed by atoms with van der Waals surface area (Å²) in [5, 5.41) is 5.96. The third kappa shape index (κ3) is 4.84. The summed E-state index contributed by atoms with van der Waals surface area (Å²) in [6.07, 6.45) is 4.08. The molecule has 1 aromatic heterocycles. The number of pyridine rings is 1. The Morgan fingerprint density at radius 3 is 2.59 bits per heavy atom. The van der Waals surface area contributed by atoms with Gasteiger partial charge in [-0.25, -0.2) is 4.39 Å². The number of hydrogen-bond acceptors (Lipinski definition) is 3. The summed E-state index contributed by atoms with van der Waals surface area (Å²) in [7, 11) is 0. The molecule has 0 saturated carbocycles. The normalized spacial score (nSPS) is 10.5. The van der Waals surface area contributed by atoms with Crippen LogP contribution >= 0.6 is 0 Å². The van der Waals surface area contributed by atoms with Crippen molar-refractivity contribution in [2.45, 2.75) is 20.3 Å². The van der Waals surface area contributed by atoms with Crippen LogP contribution < -0.4 is 10.6 Å². The molecule has 0 spiro atoms. The third-order valence-corrected chi connectivity index (χ3v) is 3.14. The van der Waals surface area contributed by atoms with Crippen LogP contribution in [0.3, 0.4) is 0 Å². The van der Waals surface area contributed by atoms with Crippen molar-refractivity contribution in [2.24, 2.45) is 5.92 Å². The number of hydrogen-bond donors (Lipinski definition) is 2. The summed E-state index contributed by atoms with van der Waals surface area (Å²) < 4.78 is 12.9. The smallest absolute Gasteiger partial charge is 0.252 e. The van der Waals surface area contributed by atoms with E-state index in [1.807, 2.05) is 0 Å². The molecule has 1 amide bonds. The lowest BCUT2D eigenvalue weighted by molar-refractivity contribution is 0.0951. The maximum atomic E-state index is 12.9. The van der Waals surface area contributed by atoms with Crippen molar-refractivity contribution in [3.63, 3.8) is 0 Å². The summed E-state index contributed by atoms with van der Waals surface area (Å²) in [5.41, 5.74) is 1.92. The van der Waals surface area contributed by atoms with E-state index in [2.05, 4.69) is 29.5 Å². The van der Waals surface area contributed by atoms with Crippen molar-refractivity contribution >= 4 is 17.3 Å². The molecule has 116 valence electrons. The van der Waals surface area contributed by atoms with Crippen molar-refractivity contribution in [3.05, 3.63) is 54.1 Å². The number of halogens is 1. The lowest BCUT2D eigenvalue weighted by Crippen LogP contribution is -2.25. The van der Waals surface area contributed by atoms with Crippen molar-refractivity contribution < 1.29 is 9.18 Å². The lowest BCUT2D eigenvalue weighted by atomic mass is 10.1. The van der Waals surface area contributed by atoms with Crippen molar-refractivity contribution in [1.29, 1.82) is 0 Å². The van der Waals surface area contributed by atoms with Gasteiger partial charge in [-0.1, -0.05) is 13.8 Å². The van der Waals surface area contributed by atoms with E-state index in [1.54, 1.807) is 24.4 Å². The number of rotatable bonds is 6. The molecule has 0 bridgehead atoms. The largest absolute Gasteiger partial charge is 0.354 e. The van der Waals surface area contributed by atoms with Crippen LogP contribution in [-0.4, -0.2) is 17.4 Å². The topological polar surface area (TPSA) is 54.0 Å². The molecule has 0 aliphatic rings. The first-order valence-electron chi connectivity index (χ1n) is 7.30. The number of carbonyl (C=O) groups is 1. The highest BCUT2D eigenvalue weighted by Crippen LogP contribution is 2.17. The number of carbonyl (C=O) groups excluding carboxylic acids is 1. The van der Waals surface area contributed by atoms with Crippen molar-refractivity contribution in [2.75, 3.05) is 11.9 Å². The minimum Gasteiger partial charge on any atom is -0.354 e. The van der Waals surface area contributed by atoms with Crippen molar-refractivity contribution in [3.8, 4) is 0 Å². The molecule has 0 aliphatic carbocycles. The monoisotopic (exact) mass is 301 g/mol. The summed E-state index contributed by atoms with van der Waals surface area (Å²) in [4.78, 5) is 16.1. The van der Waals surface area contributed by atoms with Gasteiger partial charge in [0.15, 0.2) is 0 Å². The molecule has 4 nitrogen and oxygen atoms in total. The second-order valence-electron chi connectivity index (χ2n) is 5.53. The fourth-order valence-electron chi connectivity index (χ4n) is 1.91. The zero-order valence-electron chi connectivity index (χ0n) is 12.8. The Bertz CT molecular complexity index is 626. The molecule has 0 atom stereocenters. The molecule has 5 heteroatoms. The zero-order valence-corrected chi connectivity index (χ0v) is 12.8. The average molecular weight is 301 g/mol. The highest BCUT2D eigenvalue weighted by molar-refractivity contribution is 5.94. The summed E-state index contributed by atoms with van der Waals surface area (Å²) in [6.45, 7) is 4.87. The first kappa shape index (κ1) is 15.9. The standard InChI is InChI=1S/C17H20FN3O/c1-12(2)7-8-20-17(22)13-9-16(11-19-10-13)21-15-5-3-14(18)4-6-15/h3-6,9-12,21H,7-8H2,1-2H3,(H,20,22). The van der Waals surface area contributed by atoms with Crippen molar-refractivity contribution in [1.82, 2.24) is 10.3 Å². The fourth-order valence-corrected chi connectivity index (χ4v) is 1.91. The first-order chi connectivity index (χ1) is 10.5. The second kappa shape index (κ2) is 7.54. The van der Waals surface area contributed by atoms with Gasteiger partial charge in [0.25, 0.3) is 5.91 Å². The van der Waals surface area contributed by atoms with Gasteiger partial charge >= 0.3 is 0 Å². The molecular formula is C17H20FN3O. The first-order valence-corrected chi connectivity index (χ1v) is 7.30. The molecule has 1 heterocycles. The van der Waals surface area contributed by atoms with E-state index in [0.717, 1.165) is 12.1 Å². The van der Waals surface area contributed by atoms with E-state index >= 15 is 0 Å². The van der Waals surface area contributed by atoms with Crippen LogP contribution in [0.15, 0.2) is 42.7 Å². The molecule has 0 unspecified atom stereocenters. The second-order valence-corrected chi connectivity index (χ2v) is 5.53. The van der Waals surface area contributed by atoms with E-state index in [-0.39, 0.29) is 11.7 Å². The van der Waals surface area contributed by atoms with Crippen LogP contribution in [0, 0.1) is 11.7 Å². The molecular weight excluding hydrogens is 281 g/mol. The molecule has 1 aromatic carbocycles. The van der Waals surface area contributed by atoms with E-state index < -0.39 is 0 Å². The van der Waals surface area contributed by atoms with E-state index in [4.69, 9.17) is 0 Å². The molecule has 0 aliphatic heterocycles. The molecule has 0 fully saturated rings. The zero-order chi connectivity index (χ0) is 15.9. The van der Waals surface area contributed by atoms with Crippen LogP contribution in [0.2, 0.25) is 0 Å². The maximum Gasteiger partial charge on any atom is 0.252 e. The fraction of sp³-hybridized carbons (Fsp3) is 0.294. The van der Waals surface area contributed by atoms with E-state index in [1.165, 1.54) is 18.3 Å². The van der Waals surface area contributed by atoms with Gasteiger partial charge in [-0.2, -0.15) is 0 Å². The van der Waals surface area contributed by atoms with Gasteiger partial charge < -0.3 is 10.6 Å². The number of anilines is 2. The highest BCUT2D eigenvalue weighted by atomic mass is 19.1.